The van der Waals surface area contributed by atoms with E-state index < -0.39 is 6.29 Å². The van der Waals surface area contributed by atoms with Crippen molar-refractivity contribution in [2.75, 3.05) is 0 Å². The highest BCUT2D eigenvalue weighted by Crippen LogP contribution is 2.40. The molecule has 0 bridgehead atoms. The number of benzene rings is 1. The second kappa shape index (κ2) is 3.14. The van der Waals surface area contributed by atoms with E-state index in [4.69, 9.17) is 5.26 Å². The van der Waals surface area contributed by atoms with Gasteiger partial charge in [-0.2, -0.15) is 5.26 Å². The van der Waals surface area contributed by atoms with Gasteiger partial charge < -0.3 is 9.47 Å². The lowest BCUT2D eigenvalue weighted by molar-refractivity contribution is -0.286. The van der Waals surface area contributed by atoms with E-state index in [9.17, 15) is 8.78 Å². The molecule has 1 aromatic carbocycles. The Labute approximate surface area is 83.8 Å². The number of fused-ring (bicyclic) bond motifs is 1. The lowest BCUT2D eigenvalue weighted by Gasteiger charge is -2.04. The summed E-state index contributed by atoms with van der Waals surface area (Å²) < 4.78 is 33.6. The maximum Gasteiger partial charge on any atom is 0.586 e. The predicted octanol–water partition coefficient (Wildman–Crippen LogP) is 1.88. The molecule has 0 unspecified atom stereocenters. The summed E-state index contributed by atoms with van der Waals surface area (Å²) in [7, 11) is 0. The fraction of sp³-hybridized carbons (Fsp3) is 0.100. The Balaban J connectivity index is 2.35. The third-order valence-electron chi connectivity index (χ3n) is 1.66. The Kier molecular flexibility index (Phi) is 1.95. The summed E-state index contributed by atoms with van der Waals surface area (Å²) in [5.74, 6) is 4.49. The molecule has 0 fully saturated rings. The highest BCUT2D eigenvalue weighted by atomic mass is 19.3. The molecule has 0 aliphatic carbocycles. The maximum absolute atomic E-state index is 12.6. The van der Waals surface area contributed by atoms with Crippen molar-refractivity contribution in [3.05, 3.63) is 23.8 Å². The Bertz CT molecular complexity index is 508. The SMILES string of the molecule is N#CC#Cc1ccc2c(c1)OC(F)(F)O2. The summed E-state index contributed by atoms with van der Waals surface area (Å²) >= 11 is 0. The maximum atomic E-state index is 12.6. The number of nitriles is 1. The molecule has 0 amide bonds. The second-order valence-corrected chi connectivity index (χ2v) is 2.69. The van der Waals surface area contributed by atoms with E-state index in [-0.39, 0.29) is 11.5 Å². The van der Waals surface area contributed by atoms with Gasteiger partial charge in [-0.1, -0.05) is 5.92 Å². The Hall–Kier alpha value is -2.27. The van der Waals surface area contributed by atoms with Crippen LogP contribution in [0.4, 0.5) is 8.78 Å². The standard InChI is InChI=1S/C10H3F2NO2/c11-10(12)14-8-4-3-7(2-1-5-13)6-9(8)15-10/h3-4,6H. The second-order valence-electron chi connectivity index (χ2n) is 2.69. The summed E-state index contributed by atoms with van der Waals surface area (Å²) in [5.41, 5.74) is 0.414. The number of hydrogen-bond donors (Lipinski definition) is 0. The van der Waals surface area contributed by atoms with Crippen molar-refractivity contribution < 1.29 is 18.3 Å². The average Bonchev–Trinajstić information content (AvgIpc) is 2.47. The molecule has 0 radical (unpaired) electrons. The minimum absolute atomic E-state index is 0.0393. The molecule has 1 aliphatic rings. The summed E-state index contributed by atoms with van der Waals surface area (Å²) in [6.07, 6.45) is -3.62. The average molecular weight is 207 g/mol. The van der Waals surface area contributed by atoms with Crippen LogP contribution in [0, 0.1) is 23.2 Å². The van der Waals surface area contributed by atoms with Gasteiger partial charge in [0.05, 0.1) is 0 Å². The molecule has 0 atom stereocenters. The zero-order valence-electron chi connectivity index (χ0n) is 7.25. The first-order chi connectivity index (χ1) is 7.11. The van der Waals surface area contributed by atoms with Gasteiger partial charge in [-0.25, -0.2) is 0 Å². The lowest BCUT2D eigenvalue weighted by Crippen LogP contribution is -2.25. The van der Waals surface area contributed by atoms with Crippen molar-refractivity contribution in [2.45, 2.75) is 6.29 Å². The van der Waals surface area contributed by atoms with E-state index in [1.54, 1.807) is 6.07 Å². The van der Waals surface area contributed by atoms with E-state index in [0.29, 0.717) is 5.56 Å². The number of alkyl halides is 2. The molecule has 74 valence electrons. The lowest BCUT2D eigenvalue weighted by atomic mass is 10.2. The molecule has 0 saturated carbocycles. The molecule has 0 aromatic heterocycles. The van der Waals surface area contributed by atoms with Gasteiger partial charge in [0.25, 0.3) is 0 Å². The van der Waals surface area contributed by atoms with Crippen LogP contribution in [0.2, 0.25) is 0 Å². The fourth-order valence-electron chi connectivity index (χ4n) is 1.13. The minimum Gasteiger partial charge on any atom is -0.395 e. The topological polar surface area (TPSA) is 42.2 Å². The summed E-state index contributed by atoms with van der Waals surface area (Å²) in [4.78, 5) is 0. The third kappa shape index (κ3) is 1.82. The van der Waals surface area contributed by atoms with Gasteiger partial charge >= 0.3 is 6.29 Å². The molecule has 15 heavy (non-hydrogen) atoms. The quantitative estimate of drug-likeness (QED) is 0.610. The van der Waals surface area contributed by atoms with Gasteiger partial charge in [0, 0.05) is 17.6 Å². The van der Waals surface area contributed by atoms with Gasteiger partial charge in [0.15, 0.2) is 17.6 Å². The molecular formula is C10H3F2NO2. The molecule has 2 rings (SSSR count). The molecule has 0 N–H and O–H groups in total. The van der Waals surface area contributed by atoms with Crippen LogP contribution in [-0.2, 0) is 0 Å². The first kappa shape index (κ1) is 9.29. The van der Waals surface area contributed by atoms with Gasteiger partial charge in [-0.15, -0.1) is 8.78 Å². The zero-order valence-corrected chi connectivity index (χ0v) is 7.25. The number of hydrogen-bond acceptors (Lipinski definition) is 3. The highest BCUT2D eigenvalue weighted by molar-refractivity contribution is 5.50. The fourth-order valence-corrected chi connectivity index (χ4v) is 1.13. The molecule has 3 nitrogen and oxygen atoms in total. The Morgan fingerprint density at radius 2 is 1.93 bits per heavy atom. The van der Waals surface area contributed by atoms with Crippen LogP contribution in [0.15, 0.2) is 18.2 Å². The number of halogens is 2. The van der Waals surface area contributed by atoms with Gasteiger partial charge in [-0.3, -0.25) is 0 Å². The number of ether oxygens (including phenoxy) is 2. The minimum atomic E-state index is -3.62. The molecule has 1 aromatic rings. The highest BCUT2D eigenvalue weighted by Gasteiger charge is 2.43. The van der Waals surface area contributed by atoms with E-state index in [1.807, 2.05) is 0 Å². The van der Waals surface area contributed by atoms with Crippen molar-refractivity contribution in [3.63, 3.8) is 0 Å². The monoisotopic (exact) mass is 207 g/mol. The van der Waals surface area contributed by atoms with Crippen LogP contribution >= 0.6 is 0 Å². The van der Waals surface area contributed by atoms with E-state index in [1.165, 1.54) is 18.2 Å². The predicted molar refractivity (Wildman–Crippen MR) is 45.1 cm³/mol. The van der Waals surface area contributed by atoms with Crippen molar-refractivity contribution in [3.8, 4) is 29.4 Å². The van der Waals surface area contributed by atoms with Gasteiger partial charge in [0.1, 0.15) is 0 Å². The smallest absolute Gasteiger partial charge is 0.395 e. The summed E-state index contributed by atoms with van der Waals surface area (Å²) in [6, 6.07) is 5.69. The van der Waals surface area contributed by atoms with Gasteiger partial charge in [0.2, 0.25) is 0 Å². The molecule has 0 saturated heterocycles. The van der Waals surface area contributed by atoms with Crippen molar-refractivity contribution in [2.24, 2.45) is 0 Å². The van der Waals surface area contributed by atoms with Crippen LogP contribution in [0.5, 0.6) is 11.5 Å². The molecular weight excluding hydrogens is 204 g/mol. The number of rotatable bonds is 0. The largest absolute Gasteiger partial charge is 0.586 e. The van der Waals surface area contributed by atoms with E-state index in [2.05, 4.69) is 21.3 Å². The summed E-state index contributed by atoms with van der Waals surface area (Å²) in [6.45, 7) is 0. The van der Waals surface area contributed by atoms with Crippen LogP contribution in [0.25, 0.3) is 0 Å². The van der Waals surface area contributed by atoms with Crippen molar-refractivity contribution in [1.29, 1.82) is 5.26 Å². The van der Waals surface area contributed by atoms with Crippen LogP contribution in [-0.4, -0.2) is 6.29 Å². The first-order valence-electron chi connectivity index (χ1n) is 3.91. The van der Waals surface area contributed by atoms with Gasteiger partial charge in [-0.05, 0) is 12.1 Å². The van der Waals surface area contributed by atoms with E-state index in [0.717, 1.165) is 0 Å². The normalized spacial score (nSPS) is 15.0. The van der Waals surface area contributed by atoms with Crippen LogP contribution in [0.3, 0.4) is 0 Å². The summed E-state index contributed by atoms with van der Waals surface area (Å²) in [5, 5.41) is 8.20. The van der Waals surface area contributed by atoms with Crippen molar-refractivity contribution >= 4 is 0 Å². The number of nitrogens with zero attached hydrogens (tertiary/aromatic N) is 1. The first-order valence-corrected chi connectivity index (χ1v) is 3.91. The molecule has 1 heterocycles. The molecule has 1 aliphatic heterocycles. The van der Waals surface area contributed by atoms with E-state index >= 15 is 0 Å². The third-order valence-corrected chi connectivity index (χ3v) is 1.66. The van der Waals surface area contributed by atoms with Crippen molar-refractivity contribution in [1.82, 2.24) is 0 Å². The Morgan fingerprint density at radius 3 is 2.67 bits per heavy atom. The molecule has 5 heteroatoms. The van der Waals surface area contributed by atoms with Crippen LogP contribution < -0.4 is 9.47 Å². The Morgan fingerprint density at radius 1 is 1.20 bits per heavy atom. The molecule has 0 spiro atoms. The van der Waals surface area contributed by atoms with Crippen LogP contribution in [0.1, 0.15) is 5.56 Å². The zero-order chi connectivity index (χ0) is 10.9.